The molecule has 18 heavy (non-hydrogen) atoms. The molecule has 0 saturated carbocycles. The van der Waals surface area contributed by atoms with E-state index >= 15 is 0 Å². The van der Waals surface area contributed by atoms with Crippen molar-refractivity contribution in [2.45, 2.75) is 0 Å². The van der Waals surface area contributed by atoms with Crippen LogP contribution in [0.1, 0.15) is 15.9 Å². The molecule has 1 aromatic carbocycles. The Morgan fingerprint density at radius 2 is 2.00 bits per heavy atom. The first kappa shape index (κ1) is 11.8. The van der Waals surface area contributed by atoms with E-state index in [0.717, 1.165) is 11.1 Å². The summed E-state index contributed by atoms with van der Waals surface area (Å²) >= 11 is 0. The summed E-state index contributed by atoms with van der Waals surface area (Å²) in [5, 5.41) is 12.3. The van der Waals surface area contributed by atoms with Crippen LogP contribution in [0.4, 0.5) is 0 Å². The molecule has 0 aliphatic carbocycles. The highest BCUT2D eigenvalue weighted by molar-refractivity contribution is 5.89. The third-order valence-corrected chi connectivity index (χ3v) is 2.44. The van der Waals surface area contributed by atoms with E-state index in [4.69, 9.17) is 10.9 Å². The molecule has 5 nitrogen and oxygen atoms in total. The van der Waals surface area contributed by atoms with Crippen molar-refractivity contribution in [3.8, 4) is 11.3 Å². The third kappa shape index (κ3) is 2.52. The summed E-state index contributed by atoms with van der Waals surface area (Å²) in [5.74, 6) is 4.09. The van der Waals surface area contributed by atoms with Gasteiger partial charge in [0.2, 0.25) is 0 Å². The van der Waals surface area contributed by atoms with Gasteiger partial charge in [-0.05, 0) is 17.7 Å². The number of rotatable bonds is 3. The van der Waals surface area contributed by atoms with Crippen LogP contribution in [0.25, 0.3) is 11.3 Å². The van der Waals surface area contributed by atoms with Crippen molar-refractivity contribution in [3.05, 3.63) is 53.7 Å². The molecule has 0 saturated heterocycles. The van der Waals surface area contributed by atoms with E-state index in [1.807, 2.05) is 24.3 Å². The molecular formula is C13H11N3O2. The van der Waals surface area contributed by atoms with Crippen molar-refractivity contribution in [2.24, 2.45) is 10.9 Å². The van der Waals surface area contributed by atoms with Gasteiger partial charge in [0.15, 0.2) is 0 Å². The molecule has 0 unspecified atom stereocenters. The number of carboxylic acids is 1. The molecule has 90 valence electrons. The summed E-state index contributed by atoms with van der Waals surface area (Å²) in [5.41, 5.74) is 2.54. The summed E-state index contributed by atoms with van der Waals surface area (Å²) in [6.45, 7) is 0. The summed E-state index contributed by atoms with van der Waals surface area (Å²) in [6.07, 6.45) is 3.01. The minimum absolute atomic E-state index is 0.215. The number of benzene rings is 1. The zero-order chi connectivity index (χ0) is 13.0. The Hall–Kier alpha value is -2.69. The highest BCUT2D eigenvalue weighted by atomic mass is 16.4. The summed E-state index contributed by atoms with van der Waals surface area (Å²) in [7, 11) is 0. The second kappa shape index (κ2) is 5.09. The van der Waals surface area contributed by atoms with Crippen molar-refractivity contribution < 1.29 is 9.90 Å². The van der Waals surface area contributed by atoms with Gasteiger partial charge in [-0.3, -0.25) is 4.98 Å². The Bertz CT molecular complexity index is 591. The summed E-state index contributed by atoms with van der Waals surface area (Å²) in [4.78, 5) is 15.0. The molecule has 0 radical (unpaired) electrons. The number of nitrogens with two attached hydrogens (primary N) is 1. The molecule has 2 rings (SSSR count). The van der Waals surface area contributed by atoms with E-state index in [0.29, 0.717) is 5.69 Å². The largest absolute Gasteiger partial charge is 0.478 e. The zero-order valence-electron chi connectivity index (χ0n) is 9.45. The van der Waals surface area contributed by atoms with Crippen LogP contribution in [0.3, 0.4) is 0 Å². The van der Waals surface area contributed by atoms with E-state index < -0.39 is 5.97 Å². The average Bonchev–Trinajstić information content (AvgIpc) is 2.40. The topological polar surface area (TPSA) is 88.6 Å². The lowest BCUT2D eigenvalue weighted by molar-refractivity contribution is 0.0697. The molecule has 0 amide bonds. The number of hydrazone groups is 1. The lowest BCUT2D eigenvalue weighted by Gasteiger charge is -2.02. The maximum Gasteiger partial charge on any atom is 0.335 e. The molecule has 0 bridgehead atoms. The van der Waals surface area contributed by atoms with E-state index in [2.05, 4.69) is 10.1 Å². The van der Waals surface area contributed by atoms with Crippen molar-refractivity contribution in [3.63, 3.8) is 0 Å². The zero-order valence-corrected chi connectivity index (χ0v) is 9.45. The van der Waals surface area contributed by atoms with Crippen LogP contribution in [0.2, 0.25) is 0 Å². The smallest absolute Gasteiger partial charge is 0.335 e. The quantitative estimate of drug-likeness (QED) is 0.486. The monoisotopic (exact) mass is 241 g/mol. The molecule has 1 heterocycles. The average molecular weight is 241 g/mol. The fourth-order valence-corrected chi connectivity index (χ4v) is 1.55. The second-order valence-electron chi connectivity index (χ2n) is 3.64. The van der Waals surface area contributed by atoms with E-state index in [1.54, 1.807) is 0 Å². The number of pyridine rings is 1. The Balaban J connectivity index is 2.36. The van der Waals surface area contributed by atoms with E-state index in [9.17, 15) is 4.79 Å². The second-order valence-corrected chi connectivity index (χ2v) is 3.64. The molecule has 0 aliphatic heterocycles. The fraction of sp³-hybridized carbons (Fsp3) is 0. The Kier molecular flexibility index (Phi) is 3.33. The Labute approximate surface area is 104 Å². The van der Waals surface area contributed by atoms with Crippen molar-refractivity contribution in [1.82, 2.24) is 4.98 Å². The highest BCUT2D eigenvalue weighted by Gasteiger charge is 2.05. The Morgan fingerprint density at radius 1 is 1.28 bits per heavy atom. The molecule has 0 spiro atoms. The van der Waals surface area contributed by atoms with Gasteiger partial charge in [-0.2, -0.15) is 5.10 Å². The maximum absolute atomic E-state index is 10.9. The molecular weight excluding hydrogens is 230 g/mol. The molecule has 0 atom stereocenters. The minimum Gasteiger partial charge on any atom is -0.478 e. The van der Waals surface area contributed by atoms with E-state index in [-0.39, 0.29) is 5.56 Å². The number of hydrogen-bond donors (Lipinski definition) is 2. The van der Waals surface area contributed by atoms with Gasteiger partial charge in [0.05, 0.1) is 17.5 Å². The van der Waals surface area contributed by atoms with Crippen LogP contribution in [0.5, 0.6) is 0 Å². The van der Waals surface area contributed by atoms with Crippen LogP contribution in [0.15, 0.2) is 47.7 Å². The van der Waals surface area contributed by atoms with Gasteiger partial charge >= 0.3 is 5.97 Å². The van der Waals surface area contributed by atoms with Gasteiger partial charge in [-0.1, -0.05) is 24.3 Å². The predicted molar refractivity (Wildman–Crippen MR) is 68.4 cm³/mol. The fourth-order valence-electron chi connectivity index (χ4n) is 1.55. The Morgan fingerprint density at radius 3 is 2.61 bits per heavy atom. The lowest BCUT2D eigenvalue weighted by Crippen LogP contribution is -1.97. The maximum atomic E-state index is 10.9. The van der Waals surface area contributed by atoms with Gasteiger partial charge in [0.25, 0.3) is 0 Å². The van der Waals surface area contributed by atoms with Crippen LogP contribution in [-0.4, -0.2) is 22.3 Å². The predicted octanol–water partition coefficient (Wildman–Crippen LogP) is 1.74. The molecule has 2 aromatic rings. The van der Waals surface area contributed by atoms with Gasteiger partial charge in [-0.15, -0.1) is 0 Å². The van der Waals surface area contributed by atoms with Crippen molar-refractivity contribution >= 4 is 12.2 Å². The van der Waals surface area contributed by atoms with Crippen molar-refractivity contribution in [2.75, 3.05) is 0 Å². The number of nitrogens with zero attached hydrogens (tertiary/aromatic N) is 2. The molecule has 0 fully saturated rings. The number of aromatic carboxylic acids is 1. The number of carboxylic acid groups (broad SMARTS) is 1. The van der Waals surface area contributed by atoms with Crippen LogP contribution in [0, 0.1) is 0 Å². The first-order valence-corrected chi connectivity index (χ1v) is 5.24. The first-order chi connectivity index (χ1) is 8.70. The van der Waals surface area contributed by atoms with E-state index in [1.165, 1.54) is 24.5 Å². The van der Waals surface area contributed by atoms with Gasteiger partial charge in [-0.25, -0.2) is 4.79 Å². The standard InChI is InChI=1S/C13H11N3O2/c14-16-8-9-1-3-10(4-2-9)12-7-11(13(17)18)5-6-15-12/h1-8H,14H2,(H,17,18). The first-order valence-electron chi connectivity index (χ1n) is 5.24. The van der Waals surface area contributed by atoms with Crippen LogP contribution in [-0.2, 0) is 0 Å². The highest BCUT2D eigenvalue weighted by Crippen LogP contribution is 2.18. The number of hydrogen-bond acceptors (Lipinski definition) is 4. The van der Waals surface area contributed by atoms with Crippen LogP contribution >= 0.6 is 0 Å². The number of aromatic nitrogens is 1. The van der Waals surface area contributed by atoms with Gasteiger partial charge in [0.1, 0.15) is 0 Å². The normalized spacial score (nSPS) is 10.7. The minimum atomic E-state index is -0.967. The SMILES string of the molecule is NN=Cc1ccc(-c2cc(C(=O)O)ccn2)cc1. The molecule has 3 N–H and O–H groups in total. The summed E-state index contributed by atoms with van der Waals surface area (Å²) < 4.78 is 0. The number of carbonyl (C=O) groups is 1. The van der Waals surface area contributed by atoms with Crippen molar-refractivity contribution in [1.29, 1.82) is 0 Å². The van der Waals surface area contributed by atoms with Crippen LogP contribution < -0.4 is 5.84 Å². The molecule has 0 aliphatic rings. The summed E-state index contributed by atoms with van der Waals surface area (Å²) in [6, 6.07) is 10.3. The van der Waals surface area contributed by atoms with Gasteiger partial charge < -0.3 is 10.9 Å². The van der Waals surface area contributed by atoms with Gasteiger partial charge in [0, 0.05) is 11.8 Å². The lowest BCUT2D eigenvalue weighted by atomic mass is 10.1. The molecule has 5 heteroatoms. The third-order valence-electron chi connectivity index (χ3n) is 2.44. The molecule has 1 aromatic heterocycles.